The maximum absolute atomic E-state index is 13.8. The van der Waals surface area contributed by atoms with Crippen molar-refractivity contribution in [2.75, 3.05) is 13.2 Å². The molecule has 1 aromatic rings. The van der Waals surface area contributed by atoms with Crippen molar-refractivity contribution >= 4 is 23.5 Å². The number of nitrogens with zero attached hydrogens (tertiary/aromatic N) is 1. The number of H-pyrrole nitrogens is 1. The van der Waals surface area contributed by atoms with Gasteiger partial charge in [-0.05, 0) is 6.92 Å². The molecular formula is C13H18FN2O15P3. The molecule has 0 saturated carbocycles. The summed E-state index contributed by atoms with van der Waals surface area (Å²) < 4.78 is 65.1. The van der Waals surface area contributed by atoms with Crippen LogP contribution in [-0.4, -0.2) is 64.3 Å². The summed E-state index contributed by atoms with van der Waals surface area (Å²) in [6, 6.07) is 0. The van der Waals surface area contributed by atoms with E-state index in [1.165, 1.54) is 6.92 Å². The predicted molar refractivity (Wildman–Crippen MR) is 104 cm³/mol. The van der Waals surface area contributed by atoms with E-state index in [-0.39, 0.29) is 0 Å². The quantitative estimate of drug-likeness (QED) is 0.132. The highest BCUT2D eigenvalue weighted by Gasteiger charge is 2.57. The third kappa shape index (κ3) is 6.78. The van der Waals surface area contributed by atoms with Gasteiger partial charge in [-0.2, -0.15) is 13.0 Å². The second-order valence-corrected chi connectivity index (χ2v) is 11.0. The van der Waals surface area contributed by atoms with Gasteiger partial charge in [-0.3, -0.25) is 18.9 Å². The Morgan fingerprint density at radius 2 is 1.82 bits per heavy atom. The van der Waals surface area contributed by atoms with E-state index in [9.17, 15) is 47.7 Å². The van der Waals surface area contributed by atoms with Gasteiger partial charge in [0.2, 0.25) is 5.82 Å². The molecule has 0 radical (unpaired) electrons. The number of aliphatic hydroxyl groups excluding tert-OH is 1. The summed E-state index contributed by atoms with van der Waals surface area (Å²) >= 11 is 0. The van der Waals surface area contributed by atoms with E-state index in [1.54, 1.807) is 4.98 Å². The predicted octanol–water partition coefficient (Wildman–Crippen LogP) is -1.72. The molecule has 1 aliphatic rings. The summed E-state index contributed by atoms with van der Waals surface area (Å²) in [4.78, 5) is 60.8. The Kier molecular flexibility index (Phi) is 8.62. The molecule has 192 valence electrons. The standard InChI is InChI=1S/C13H18FN2O15P3/c1-2-3-13(20)7(5-17)9(29-11(13)16-4-8(14)10(18)15-12(16)19)6-28-33(24,25)31-34(26,27)30-32(21,22)23/h4,7,9,11,17,20H,5-6H2,1H3,(H,24,25)(H,26,27)(H,15,18,19)(H2,21,22,23)/t7?,9-,11-,13?/m1/s1. The van der Waals surface area contributed by atoms with Crippen LogP contribution < -0.4 is 11.2 Å². The van der Waals surface area contributed by atoms with Gasteiger partial charge >= 0.3 is 29.2 Å². The molecular weight excluding hydrogens is 536 g/mol. The molecule has 0 aliphatic carbocycles. The van der Waals surface area contributed by atoms with E-state index in [2.05, 4.69) is 25.0 Å². The number of hydrogen-bond donors (Lipinski definition) is 7. The first-order chi connectivity index (χ1) is 15.4. The molecule has 6 atom stereocenters. The molecule has 7 N–H and O–H groups in total. The lowest BCUT2D eigenvalue weighted by molar-refractivity contribution is -0.0750. The maximum Gasteiger partial charge on any atom is 0.490 e. The third-order valence-electron chi connectivity index (χ3n) is 4.21. The van der Waals surface area contributed by atoms with Crippen molar-refractivity contribution in [3.63, 3.8) is 0 Å². The monoisotopic (exact) mass is 554 g/mol. The fourth-order valence-corrected chi connectivity index (χ4v) is 6.01. The van der Waals surface area contributed by atoms with E-state index in [0.717, 1.165) is 0 Å². The first-order valence-electron chi connectivity index (χ1n) is 8.66. The lowest BCUT2D eigenvalue weighted by atomic mass is 9.85. The average molecular weight is 554 g/mol. The molecule has 1 aliphatic heterocycles. The Labute approximate surface area is 188 Å². The van der Waals surface area contributed by atoms with Crippen LogP contribution in [0.5, 0.6) is 0 Å². The Morgan fingerprint density at radius 3 is 2.35 bits per heavy atom. The van der Waals surface area contributed by atoms with Crippen molar-refractivity contribution in [2.24, 2.45) is 5.92 Å². The molecule has 0 amide bonds. The molecule has 4 unspecified atom stereocenters. The number of aromatic nitrogens is 2. The number of rotatable bonds is 9. The molecule has 17 nitrogen and oxygen atoms in total. The van der Waals surface area contributed by atoms with Gasteiger partial charge in [-0.1, -0.05) is 5.92 Å². The van der Waals surface area contributed by atoms with Gasteiger partial charge in [0.15, 0.2) is 11.8 Å². The Hall–Kier alpha value is -1.54. The minimum Gasteiger partial charge on any atom is -0.396 e. The van der Waals surface area contributed by atoms with E-state index in [0.29, 0.717) is 10.8 Å². The number of phosphoric ester groups is 1. The lowest BCUT2D eigenvalue weighted by Crippen LogP contribution is -2.47. The van der Waals surface area contributed by atoms with Gasteiger partial charge in [-0.15, -0.1) is 5.92 Å². The summed E-state index contributed by atoms with van der Waals surface area (Å²) in [5, 5.41) is 20.8. The molecule has 0 aromatic carbocycles. The van der Waals surface area contributed by atoms with Gasteiger partial charge in [0.1, 0.15) is 0 Å². The zero-order chi connectivity index (χ0) is 26.1. The smallest absolute Gasteiger partial charge is 0.396 e. The largest absolute Gasteiger partial charge is 0.490 e. The van der Waals surface area contributed by atoms with Crippen molar-refractivity contribution < 1.29 is 65.8 Å². The second-order valence-electron chi connectivity index (χ2n) is 6.55. The van der Waals surface area contributed by atoms with Crippen molar-refractivity contribution in [3.8, 4) is 11.8 Å². The minimum atomic E-state index is -5.82. The molecule has 1 fully saturated rings. The van der Waals surface area contributed by atoms with Crippen LogP contribution in [0.3, 0.4) is 0 Å². The van der Waals surface area contributed by atoms with Crippen LogP contribution in [0, 0.1) is 23.6 Å². The molecule has 21 heteroatoms. The lowest BCUT2D eigenvalue weighted by Gasteiger charge is -2.28. The summed E-state index contributed by atoms with van der Waals surface area (Å²) in [6.45, 7) is -0.814. The molecule has 2 heterocycles. The summed E-state index contributed by atoms with van der Waals surface area (Å²) in [6.07, 6.45) is -3.13. The van der Waals surface area contributed by atoms with E-state index < -0.39 is 77.6 Å². The number of ether oxygens (including phenoxy) is 1. The maximum atomic E-state index is 13.8. The van der Waals surface area contributed by atoms with Crippen LogP contribution >= 0.6 is 23.5 Å². The number of phosphoric acid groups is 3. The van der Waals surface area contributed by atoms with Gasteiger partial charge in [-0.25, -0.2) is 18.5 Å². The third-order valence-corrected chi connectivity index (χ3v) is 8.01. The van der Waals surface area contributed by atoms with Crippen LogP contribution in [-0.2, 0) is 31.6 Å². The minimum absolute atomic E-state index is 0.382. The van der Waals surface area contributed by atoms with Gasteiger partial charge < -0.3 is 34.5 Å². The highest BCUT2D eigenvalue weighted by molar-refractivity contribution is 7.66. The summed E-state index contributed by atoms with van der Waals surface area (Å²) in [5.41, 5.74) is -5.09. The molecule has 1 saturated heterocycles. The zero-order valence-electron chi connectivity index (χ0n) is 16.7. The first-order valence-corrected chi connectivity index (χ1v) is 13.2. The highest BCUT2D eigenvalue weighted by Crippen LogP contribution is 2.66. The van der Waals surface area contributed by atoms with Crippen LogP contribution in [0.25, 0.3) is 0 Å². The highest BCUT2D eigenvalue weighted by atomic mass is 31.3. The molecule has 0 spiro atoms. The molecule has 1 aromatic heterocycles. The molecule has 0 bridgehead atoms. The number of aliphatic hydroxyl groups is 2. The molecule has 2 rings (SSSR count). The van der Waals surface area contributed by atoms with E-state index in [1.807, 2.05) is 0 Å². The van der Waals surface area contributed by atoms with Crippen molar-refractivity contribution in [1.82, 2.24) is 9.55 Å². The fraction of sp³-hybridized carbons (Fsp3) is 0.538. The topological polar surface area (TPSA) is 264 Å². The summed E-state index contributed by atoms with van der Waals surface area (Å²) in [7, 11) is -17.0. The van der Waals surface area contributed by atoms with Crippen molar-refractivity contribution in [3.05, 3.63) is 32.9 Å². The SMILES string of the molecule is CC#CC1(O)C(CO)[C@@H](COP(=O)(O)OP(=O)(O)OP(=O)(O)O)O[C@H]1n1cc(F)c(=O)[nH]c1=O. The van der Waals surface area contributed by atoms with Crippen LogP contribution in [0.4, 0.5) is 4.39 Å². The number of hydrogen-bond acceptors (Lipinski definition) is 11. The normalized spacial score (nSPS) is 28.5. The van der Waals surface area contributed by atoms with E-state index in [4.69, 9.17) is 14.5 Å². The van der Waals surface area contributed by atoms with E-state index >= 15 is 0 Å². The van der Waals surface area contributed by atoms with Crippen LogP contribution in [0.15, 0.2) is 15.8 Å². The first kappa shape index (κ1) is 28.7. The van der Waals surface area contributed by atoms with Crippen LogP contribution in [0.2, 0.25) is 0 Å². The Bertz CT molecular complexity index is 1250. The van der Waals surface area contributed by atoms with Gasteiger partial charge in [0, 0.05) is 0 Å². The summed E-state index contributed by atoms with van der Waals surface area (Å²) in [5.74, 6) is 1.60. The average Bonchev–Trinajstić information content (AvgIpc) is 2.91. The van der Waals surface area contributed by atoms with Crippen molar-refractivity contribution in [2.45, 2.75) is 24.9 Å². The van der Waals surface area contributed by atoms with Crippen LogP contribution in [0.1, 0.15) is 13.2 Å². The van der Waals surface area contributed by atoms with Gasteiger partial charge in [0.25, 0.3) is 5.56 Å². The number of halogens is 1. The Balaban J connectivity index is 2.34. The fourth-order valence-electron chi connectivity index (χ4n) is 2.98. The number of aromatic amines is 1. The Morgan fingerprint density at radius 1 is 1.21 bits per heavy atom. The number of nitrogens with one attached hydrogen (secondary N) is 1. The zero-order valence-corrected chi connectivity index (χ0v) is 19.4. The van der Waals surface area contributed by atoms with Crippen molar-refractivity contribution in [1.29, 1.82) is 0 Å². The second kappa shape index (κ2) is 10.2. The molecule has 34 heavy (non-hydrogen) atoms. The van der Waals surface area contributed by atoms with Gasteiger partial charge in [0.05, 0.1) is 31.4 Å².